The molecule has 0 unspecified atom stereocenters. The van der Waals surface area contributed by atoms with Crippen LogP contribution in [0.4, 0.5) is 4.39 Å². The van der Waals surface area contributed by atoms with Gasteiger partial charge < -0.3 is 14.2 Å². The fourth-order valence-electron chi connectivity index (χ4n) is 3.52. The Labute approximate surface area is 194 Å². The van der Waals surface area contributed by atoms with Crippen LogP contribution in [0.3, 0.4) is 0 Å². The number of halogens is 1. The third-order valence-corrected chi connectivity index (χ3v) is 5.31. The average molecular weight is 449 g/mol. The van der Waals surface area contributed by atoms with E-state index in [2.05, 4.69) is 6.58 Å². The van der Waals surface area contributed by atoms with Gasteiger partial charge in [-0.1, -0.05) is 48.5 Å². The Morgan fingerprint density at radius 3 is 2.30 bits per heavy atom. The van der Waals surface area contributed by atoms with Crippen LogP contribution in [-0.2, 0) is 29.0 Å². The molecule has 6 heteroatoms. The molecule has 33 heavy (non-hydrogen) atoms. The number of nitrogens with zero attached hydrogens (tertiary/aromatic N) is 2. The molecule has 1 aromatic heterocycles. The van der Waals surface area contributed by atoms with Crippen LogP contribution in [0.25, 0.3) is 0 Å². The van der Waals surface area contributed by atoms with Gasteiger partial charge in [0.15, 0.2) is 0 Å². The Morgan fingerprint density at radius 2 is 1.67 bits per heavy atom. The molecule has 2 aromatic carbocycles. The van der Waals surface area contributed by atoms with E-state index in [1.165, 1.54) is 17.0 Å². The summed E-state index contributed by atoms with van der Waals surface area (Å²) < 4.78 is 18.9. The Morgan fingerprint density at radius 1 is 0.939 bits per heavy atom. The molecule has 0 saturated heterocycles. The number of hydrogen-bond acceptors (Lipinski definition) is 3. The van der Waals surface area contributed by atoms with Gasteiger partial charge >= 0.3 is 0 Å². The van der Waals surface area contributed by atoms with Gasteiger partial charge in [-0.3, -0.25) is 9.59 Å². The number of amides is 2. The number of hydrogen-bond donors (Lipinski definition) is 0. The summed E-state index contributed by atoms with van der Waals surface area (Å²) in [5.74, 6) is 0.734. The lowest BCUT2D eigenvalue weighted by molar-refractivity contribution is -0.140. The molecule has 0 spiro atoms. The van der Waals surface area contributed by atoms with Crippen LogP contribution in [0.5, 0.6) is 0 Å². The first kappa shape index (κ1) is 24.0. The number of aryl methyl sites for hydroxylation is 1. The van der Waals surface area contributed by atoms with Crippen LogP contribution in [0.15, 0.2) is 83.8 Å². The largest absolute Gasteiger partial charge is 0.464 e. The summed E-state index contributed by atoms with van der Waals surface area (Å²) in [7, 11) is 0. The van der Waals surface area contributed by atoms with Crippen molar-refractivity contribution in [2.45, 2.75) is 26.3 Å². The summed E-state index contributed by atoms with van der Waals surface area (Å²) in [5, 5.41) is 0. The molecule has 5 nitrogen and oxygen atoms in total. The van der Waals surface area contributed by atoms with E-state index in [9.17, 15) is 14.0 Å². The maximum Gasteiger partial charge on any atom is 0.242 e. The first-order valence-electron chi connectivity index (χ1n) is 10.9. The van der Waals surface area contributed by atoms with E-state index >= 15 is 0 Å². The molecule has 0 radical (unpaired) electrons. The molecule has 0 saturated carbocycles. The molecule has 2 amide bonds. The predicted molar refractivity (Wildman–Crippen MR) is 126 cm³/mol. The van der Waals surface area contributed by atoms with Crippen LogP contribution in [0.2, 0.25) is 0 Å². The second kappa shape index (κ2) is 11.8. The van der Waals surface area contributed by atoms with E-state index in [0.29, 0.717) is 30.8 Å². The van der Waals surface area contributed by atoms with Crippen molar-refractivity contribution in [2.24, 2.45) is 0 Å². The Bertz CT molecular complexity index is 1060. The number of carbonyl (C=O) groups excluding carboxylic acids is 2. The van der Waals surface area contributed by atoms with E-state index in [4.69, 9.17) is 4.42 Å². The van der Waals surface area contributed by atoms with Crippen molar-refractivity contribution >= 4 is 11.8 Å². The molecular formula is C27H29FN2O3. The van der Waals surface area contributed by atoms with Crippen molar-refractivity contribution in [3.63, 3.8) is 0 Å². The fourth-order valence-corrected chi connectivity index (χ4v) is 3.52. The molecule has 0 fully saturated rings. The fraction of sp³-hybridized carbons (Fsp3) is 0.259. The van der Waals surface area contributed by atoms with Crippen molar-refractivity contribution in [1.29, 1.82) is 0 Å². The lowest BCUT2D eigenvalue weighted by Crippen LogP contribution is -2.44. The molecule has 172 valence electrons. The molecular weight excluding hydrogens is 419 g/mol. The van der Waals surface area contributed by atoms with E-state index in [-0.39, 0.29) is 37.1 Å². The molecule has 0 aliphatic carbocycles. The lowest BCUT2D eigenvalue weighted by Gasteiger charge is -2.27. The van der Waals surface area contributed by atoms with Crippen molar-refractivity contribution in [1.82, 2.24) is 9.80 Å². The van der Waals surface area contributed by atoms with Crippen molar-refractivity contribution in [2.75, 3.05) is 19.6 Å². The van der Waals surface area contributed by atoms with Crippen LogP contribution in [0, 0.1) is 12.7 Å². The average Bonchev–Trinajstić information content (AvgIpc) is 3.23. The Hall–Kier alpha value is -3.67. The standard InChI is InChI=1S/C27H29FN2O3/c1-3-16-29(26(31)18-23-10-12-24(28)13-11-23)20-27(32)30(19-25-14-9-21(2)33-25)17-15-22-7-5-4-6-8-22/h3-14H,1,15-20H2,2H3. The minimum Gasteiger partial charge on any atom is -0.464 e. The minimum atomic E-state index is -0.355. The summed E-state index contributed by atoms with van der Waals surface area (Å²) in [4.78, 5) is 29.3. The van der Waals surface area contributed by atoms with E-state index in [1.807, 2.05) is 49.4 Å². The van der Waals surface area contributed by atoms with Gasteiger partial charge in [-0.05, 0) is 48.7 Å². The van der Waals surface area contributed by atoms with Crippen molar-refractivity contribution in [3.05, 3.63) is 108 Å². The zero-order valence-corrected chi connectivity index (χ0v) is 18.9. The van der Waals surface area contributed by atoms with Gasteiger partial charge in [0, 0.05) is 13.1 Å². The normalized spacial score (nSPS) is 10.6. The molecule has 0 N–H and O–H groups in total. The smallest absolute Gasteiger partial charge is 0.242 e. The van der Waals surface area contributed by atoms with Gasteiger partial charge in [-0.2, -0.15) is 0 Å². The number of carbonyl (C=O) groups is 2. The van der Waals surface area contributed by atoms with Crippen LogP contribution >= 0.6 is 0 Å². The molecule has 0 atom stereocenters. The second-order valence-electron chi connectivity index (χ2n) is 7.93. The van der Waals surface area contributed by atoms with Gasteiger partial charge in [-0.25, -0.2) is 4.39 Å². The van der Waals surface area contributed by atoms with Crippen LogP contribution in [-0.4, -0.2) is 41.2 Å². The monoisotopic (exact) mass is 448 g/mol. The van der Waals surface area contributed by atoms with Crippen molar-refractivity contribution in [3.8, 4) is 0 Å². The summed E-state index contributed by atoms with van der Waals surface area (Å²) >= 11 is 0. The Balaban J connectivity index is 1.70. The third kappa shape index (κ3) is 7.45. The van der Waals surface area contributed by atoms with Crippen LogP contribution < -0.4 is 0 Å². The number of benzene rings is 2. The first-order valence-corrected chi connectivity index (χ1v) is 10.9. The highest BCUT2D eigenvalue weighted by molar-refractivity contribution is 5.86. The molecule has 0 aliphatic heterocycles. The zero-order chi connectivity index (χ0) is 23.6. The molecule has 0 bridgehead atoms. The summed E-state index contributed by atoms with van der Waals surface area (Å²) in [6, 6.07) is 19.5. The molecule has 3 rings (SSSR count). The highest BCUT2D eigenvalue weighted by Crippen LogP contribution is 2.13. The van der Waals surface area contributed by atoms with Crippen LogP contribution in [0.1, 0.15) is 22.6 Å². The van der Waals surface area contributed by atoms with Gasteiger partial charge in [0.05, 0.1) is 13.0 Å². The zero-order valence-electron chi connectivity index (χ0n) is 18.9. The van der Waals surface area contributed by atoms with E-state index in [0.717, 1.165) is 11.3 Å². The van der Waals surface area contributed by atoms with E-state index in [1.54, 1.807) is 23.1 Å². The summed E-state index contributed by atoms with van der Waals surface area (Å²) in [5.41, 5.74) is 1.82. The molecule has 0 aliphatic rings. The maximum absolute atomic E-state index is 13.3. The number of rotatable bonds is 11. The first-order chi connectivity index (χ1) is 15.9. The van der Waals surface area contributed by atoms with Gasteiger partial charge in [0.1, 0.15) is 23.9 Å². The van der Waals surface area contributed by atoms with Gasteiger partial charge in [0.2, 0.25) is 11.8 Å². The van der Waals surface area contributed by atoms with Crippen molar-refractivity contribution < 1.29 is 18.4 Å². The molecule has 1 heterocycles. The van der Waals surface area contributed by atoms with Gasteiger partial charge in [0.25, 0.3) is 0 Å². The SMILES string of the molecule is C=CCN(CC(=O)N(CCc1ccccc1)Cc1ccc(C)o1)C(=O)Cc1ccc(F)cc1. The quantitative estimate of drug-likeness (QED) is 0.404. The van der Waals surface area contributed by atoms with E-state index < -0.39 is 0 Å². The minimum absolute atomic E-state index is 0.0689. The van der Waals surface area contributed by atoms with Gasteiger partial charge in [-0.15, -0.1) is 6.58 Å². The summed E-state index contributed by atoms with van der Waals surface area (Å²) in [6.45, 7) is 6.58. The molecule has 3 aromatic rings. The maximum atomic E-state index is 13.3. The third-order valence-electron chi connectivity index (χ3n) is 5.31. The lowest BCUT2D eigenvalue weighted by atomic mass is 10.1. The highest BCUT2D eigenvalue weighted by atomic mass is 19.1. The number of furan rings is 1. The topological polar surface area (TPSA) is 53.8 Å². The predicted octanol–water partition coefficient (Wildman–Crippen LogP) is 4.56. The highest BCUT2D eigenvalue weighted by Gasteiger charge is 2.22. The summed E-state index contributed by atoms with van der Waals surface area (Å²) in [6.07, 6.45) is 2.38. The Kier molecular flexibility index (Phi) is 8.58. The second-order valence-corrected chi connectivity index (χ2v) is 7.93.